The first-order valence-corrected chi connectivity index (χ1v) is 14.0. The van der Waals surface area contributed by atoms with Gasteiger partial charge in [0.2, 0.25) is 11.8 Å². The third-order valence-electron chi connectivity index (χ3n) is 6.59. The van der Waals surface area contributed by atoms with Gasteiger partial charge in [0.1, 0.15) is 11.5 Å². The maximum atomic E-state index is 12.2. The summed E-state index contributed by atoms with van der Waals surface area (Å²) in [5.41, 5.74) is 5.18. The van der Waals surface area contributed by atoms with Gasteiger partial charge in [0.25, 0.3) is 0 Å². The number of carbonyl (C=O) groups excluding carboxylic acids is 3. The van der Waals surface area contributed by atoms with Crippen LogP contribution in [0.3, 0.4) is 0 Å². The number of aliphatic imine (C=N–C) groups is 2. The predicted molar refractivity (Wildman–Crippen MR) is 168 cm³/mol. The fraction of sp³-hybridized carbons (Fsp3) is 0.147. The summed E-state index contributed by atoms with van der Waals surface area (Å²) in [5.74, 6) is -0.103. The summed E-state index contributed by atoms with van der Waals surface area (Å²) in [7, 11) is 0. The minimum Gasteiger partial charge on any atom is -0.507 e. The van der Waals surface area contributed by atoms with Crippen LogP contribution in [0, 0.1) is 0 Å². The van der Waals surface area contributed by atoms with Crippen molar-refractivity contribution < 1.29 is 29.0 Å². The summed E-state index contributed by atoms with van der Waals surface area (Å²) in [6.07, 6.45) is 0.265. The molecule has 0 bridgehead atoms. The van der Waals surface area contributed by atoms with Crippen molar-refractivity contribution in [3.8, 4) is 11.5 Å². The molecule has 2 aliphatic heterocycles. The number of fused-ring (bicyclic) bond motifs is 2. The SMILES string of the molecule is CCOC(=O)COc1ccccc1C1=Nc2ccccc2NC(=O)C1.O=C1CC(c2ccccc2O)=Nc2ccccc2N1. The smallest absolute Gasteiger partial charge is 0.344 e. The summed E-state index contributed by atoms with van der Waals surface area (Å²) < 4.78 is 10.5. The number of nitrogens with one attached hydrogen (secondary N) is 2. The number of hydrogen-bond acceptors (Lipinski definition) is 8. The zero-order valence-corrected chi connectivity index (χ0v) is 23.9. The second-order valence-electron chi connectivity index (χ2n) is 9.71. The van der Waals surface area contributed by atoms with Crippen LogP contribution < -0.4 is 15.4 Å². The zero-order chi connectivity index (χ0) is 30.9. The molecule has 2 heterocycles. The lowest BCUT2D eigenvalue weighted by Crippen LogP contribution is -2.18. The van der Waals surface area contributed by atoms with Crippen LogP contribution in [-0.4, -0.2) is 47.5 Å². The Morgan fingerprint density at radius 1 is 0.727 bits per heavy atom. The second kappa shape index (κ2) is 13.9. The molecule has 0 saturated heterocycles. The number of ether oxygens (including phenoxy) is 2. The largest absolute Gasteiger partial charge is 0.507 e. The molecule has 0 aliphatic carbocycles. The van der Waals surface area contributed by atoms with Crippen LogP contribution >= 0.6 is 0 Å². The number of phenolic OH excluding ortho intramolecular Hbond substituents is 1. The minimum atomic E-state index is -0.441. The van der Waals surface area contributed by atoms with Gasteiger partial charge in [-0.3, -0.25) is 9.59 Å². The first kappa shape index (κ1) is 29.7. The highest BCUT2D eigenvalue weighted by atomic mass is 16.6. The number of nitrogens with zero attached hydrogens (tertiary/aromatic N) is 2. The summed E-state index contributed by atoms with van der Waals surface area (Å²) in [5, 5.41) is 15.5. The van der Waals surface area contributed by atoms with Crippen LogP contribution in [-0.2, 0) is 19.1 Å². The number of para-hydroxylation sites is 6. The maximum absolute atomic E-state index is 12.2. The van der Waals surface area contributed by atoms with Crippen LogP contribution in [0.25, 0.3) is 0 Å². The Balaban J connectivity index is 0.000000181. The van der Waals surface area contributed by atoms with E-state index in [2.05, 4.69) is 20.6 Å². The number of amides is 2. The molecule has 0 radical (unpaired) electrons. The van der Waals surface area contributed by atoms with E-state index in [1.54, 1.807) is 37.3 Å². The van der Waals surface area contributed by atoms with Crippen molar-refractivity contribution in [2.45, 2.75) is 19.8 Å². The number of benzene rings is 4. The van der Waals surface area contributed by atoms with Crippen molar-refractivity contribution in [2.24, 2.45) is 9.98 Å². The normalized spacial score (nSPS) is 13.6. The molecule has 10 heteroatoms. The Morgan fingerprint density at radius 3 is 1.82 bits per heavy atom. The standard InChI is InChI=1S/C19H18N2O4.C15H12N2O2/c1-2-24-19(23)12-25-17-10-6-3-7-13(17)16-11-18(22)21-15-9-5-4-8-14(15)20-16;18-14-8-4-1-5-10(14)13-9-15(19)17-12-7-3-2-6-11(12)16-13/h3-10H,2,11-12H2,1H3,(H,21,22);1-8,18H,9H2,(H,17,19). The van der Waals surface area contributed by atoms with Gasteiger partial charge in [0.05, 0.1) is 53.6 Å². The zero-order valence-electron chi connectivity index (χ0n) is 23.9. The summed E-state index contributed by atoms with van der Waals surface area (Å²) >= 11 is 0. The molecule has 44 heavy (non-hydrogen) atoms. The van der Waals surface area contributed by atoms with Gasteiger partial charge >= 0.3 is 5.97 Å². The monoisotopic (exact) mass is 590 g/mol. The lowest BCUT2D eigenvalue weighted by atomic mass is 10.1. The van der Waals surface area contributed by atoms with Gasteiger partial charge in [0.15, 0.2) is 6.61 Å². The molecular formula is C34H30N4O6. The Bertz CT molecular complexity index is 1760. The molecule has 4 aromatic carbocycles. The van der Waals surface area contributed by atoms with Crippen LogP contribution in [0.4, 0.5) is 22.7 Å². The van der Waals surface area contributed by atoms with Crippen molar-refractivity contribution >= 4 is 52.0 Å². The number of rotatable bonds is 6. The second-order valence-corrected chi connectivity index (χ2v) is 9.71. The quantitative estimate of drug-likeness (QED) is 0.237. The highest BCUT2D eigenvalue weighted by molar-refractivity contribution is 6.18. The predicted octanol–water partition coefficient (Wildman–Crippen LogP) is 5.95. The Kier molecular flexibility index (Phi) is 9.41. The number of hydrogen-bond donors (Lipinski definition) is 3. The average Bonchev–Trinajstić information content (AvgIpc) is 3.30. The number of phenols is 1. The summed E-state index contributed by atoms with van der Waals surface area (Å²) in [4.78, 5) is 44.7. The van der Waals surface area contributed by atoms with Crippen LogP contribution in [0.2, 0.25) is 0 Å². The van der Waals surface area contributed by atoms with Crippen molar-refractivity contribution in [2.75, 3.05) is 23.8 Å². The number of aromatic hydroxyl groups is 1. The van der Waals surface area contributed by atoms with Crippen LogP contribution in [0.15, 0.2) is 107 Å². The van der Waals surface area contributed by atoms with Gasteiger partial charge in [-0.05, 0) is 55.5 Å². The highest BCUT2D eigenvalue weighted by Crippen LogP contribution is 2.32. The molecule has 2 amide bonds. The highest BCUT2D eigenvalue weighted by Gasteiger charge is 2.20. The number of carbonyl (C=O) groups is 3. The molecule has 0 fully saturated rings. The lowest BCUT2D eigenvalue weighted by molar-refractivity contribution is -0.145. The van der Waals surface area contributed by atoms with E-state index in [1.807, 2.05) is 66.7 Å². The van der Waals surface area contributed by atoms with Gasteiger partial charge in [-0.15, -0.1) is 0 Å². The van der Waals surface area contributed by atoms with Gasteiger partial charge in [-0.25, -0.2) is 14.8 Å². The molecular weight excluding hydrogens is 560 g/mol. The van der Waals surface area contributed by atoms with E-state index in [9.17, 15) is 19.5 Å². The minimum absolute atomic E-state index is 0.120. The molecule has 222 valence electrons. The molecule has 6 rings (SSSR count). The molecule has 3 N–H and O–H groups in total. The lowest BCUT2D eigenvalue weighted by Gasteiger charge is -2.12. The van der Waals surface area contributed by atoms with E-state index in [4.69, 9.17) is 9.47 Å². The van der Waals surface area contributed by atoms with Crippen LogP contribution in [0.5, 0.6) is 11.5 Å². The van der Waals surface area contributed by atoms with E-state index in [0.29, 0.717) is 57.7 Å². The summed E-state index contributed by atoms with van der Waals surface area (Å²) in [6.45, 7) is 1.84. The van der Waals surface area contributed by atoms with E-state index in [-0.39, 0.29) is 37.0 Å². The van der Waals surface area contributed by atoms with Crippen LogP contribution in [0.1, 0.15) is 30.9 Å². The molecule has 10 nitrogen and oxygen atoms in total. The summed E-state index contributed by atoms with van der Waals surface area (Å²) in [6, 6.07) is 28.8. The fourth-order valence-electron chi connectivity index (χ4n) is 4.62. The third kappa shape index (κ3) is 7.35. The first-order valence-electron chi connectivity index (χ1n) is 14.0. The molecule has 0 unspecified atom stereocenters. The molecule has 0 spiro atoms. The Morgan fingerprint density at radius 2 is 1.23 bits per heavy atom. The topological polar surface area (TPSA) is 139 Å². The van der Waals surface area contributed by atoms with Crippen molar-refractivity contribution in [1.82, 2.24) is 0 Å². The van der Waals surface area contributed by atoms with E-state index >= 15 is 0 Å². The third-order valence-corrected chi connectivity index (χ3v) is 6.59. The molecule has 4 aromatic rings. The molecule has 0 atom stereocenters. The number of anilines is 2. The Hall–Kier alpha value is -5.77. The van der Waals surface area contributed by atoms with Gasteiger partial charge < -0.3 is 25.2 Å². The van der Waals surface area contributed by atoms with Crippen molar-refractivity contribution in [3.63, 3.8) is 0 Å². The van der Waals surface area contributed by atoms with Crippen molar-refractivity contribution in [1.29, 1.82) is 0 Å². The molecule has 0 aromatic heterocycles. The fourth-order valence-corrected chi connectivity index (χ4v) is 4.62. The van der Waals surface area contributed by atoms with Gasteiger partial charge in [-0.2, -0.15) is 0 Å². The molecule has 2 aliphatic rings. The van der Waals surface area contributed by atoms with Gasteiger partial charge in [-0.1, -0.05) is 48.5 Å². The maximum Gasteiger partial charge on any atom is 0.344 e. The van der Waals surface area contributed by atoms with E-state index in [1.165, 1.54) is 0 Å². The van der Waals surface area contributed by atoms with Gasteiger partial charge in [0, 0.05) is 11.1 Å². The van der Waals surface area contributed by atoms with Crippen molar-refractivity contribution in [3.05, 3.63) is 108 Å². The average molecular weight is 591 g/mol. The van der Waals surface area contributed by atoms with E-state index in [0.717, 1.165) is 0 Å². The number of esters is 1. The van der Waals surface area contributed by atoms with E-state index < -0.39 is 5.97 Å². The Labute approximate surface area is 254 Å². The first-order chi connectivity index (χ1) is 21.4. The molecule has 0 saturated carbocycles.